The van der Waals surface area contributed by atoms with E-state index in [0.29, 0.717) is 48.7 Å². The van der Waals surface area contributed by atoms with E-state index >= 15 is 0 Å². The van der Waals surface area contributed by atoms with Gasteiger partial charge in [0.15, 0.2) is 0 Å². The third kappa shape index (κ3) is 4.51. The highest BCUT2D eigenvalue weighted by atomic mass is 16.5. The van der Waals surface area contributed by atoms with Crippen molar-refractivity contribution in [1.29, 1.82) is 0 Å². The van der Waals surface area contributed by atoms with Gasteiger partial charge in [-0.25, -0.2) is 0 Å². The fourth-order valence-corrected chi connectivity index (χ4v) is 8.91. The molecule has 0 amide bonds. The van der Waals surface area contributed by atoms with Gasteiger partial charge in [-0.05, 0) is 105 Å². The summed E-state index contributed by atoms with van der Waals surface area (Å²) in [7, 11) is 0. The minimum absolute atomic E-state index is 0.00805. The number of nitrogens with one attached hydrogen (secondary N) is 1. The number of rotatable bonds is 7. The van der Waals surface area contributed by atoms with Crippen LogP contribution in [0.5, 0.6) is 0 Å². The molecule has 5 unspecified atom stereocenters. The molecule has 33 heavy (non-hydrogen) atoms. The largest absolute Gasteiger partial charge is 0.465 e. The molecule has 4 aliphatic rings. The quantitative estimate of drug-likeness (QED) is 0.483. The summed E-state index contributed by atoms with van der Waals surface area (Å²) in [5.74, 6) is 2.78. The van der Waals surface area contributed by atoms with Crippen molar-refractivity contribution in [3.63, 3.8) is 0 Å². The van der Waals surface area contributed by atoms with E-state index in [2.05, 4.69) is 39.9 Å². The van der Waals surface area contributed by atoms with Crippen LogP contribution in [0.15, 0.2) is 0 Å². The summed E-state index contributed by atoms with van der Waals surface area (Å²) in [4.78, 5) is 13.1. The van der Waals surface area contributed by atoms with Gasteiger partial charge in [0.05, 0.1) is 24.7 Å². The monoisotopic (exact) mass is 463 g/mol. The number of esters is 1. The molecule has 0 spiro atoms. The maximum absolute atomic E-state index is 13.1. The first kappa shape index (κ1) is 25.4. The fraction of sp³-hybridized carbons (Fsp3) is 0.964. The lowest BCUT2D eigenvalue weighted by atomic mass is 9.43. The molecule has 4 saturated carbocycles. The van der Waals surface area contributed by atoms with E-state index in [4.69, 9.17) is 4.74 Å². The number of fused-ring (bicyclic) bond motifs is 5. The number of carbonyl (C=O) groups excluding carboxylic acids is 1. The third-order valence-corrected chi connectivity index (χ3v) is 10.5. The first-order valence-corrected chi connectivity index (χ1v) is 13.9. The average Bonchev–Trinajstić information content (AvgIpc) is 3.09. The molecule has 190 valence electrons. The fourth-order valence-electron chi connectivity index (χ4n) is 8.91. The molecule has 4 fully saturated rings. The second-order valence-electron chi connectivity index (χ2n) is 12.9. The van der Waals surface area contributed by atoms with Crippen molar-refractivity contribution < 1.29 is 19.7 Å². The van der Waals surface area contributed by atoms with Crippen LogP contribution in [0.25, 0.3) is 0 Å². The molecule has 5 heteroatoms. The summed E-state index contributed by atoms with van der Waals surface area (Å²) < 4.78 is 5.68. The van der Waals surface area contributed by atoms with Crippen LogP contribution in [0.3, 0.4) is 0 Å². The second kappa shape index (κ2) is 9.78. The Kier molecular flexibility index (Phi) is 7.54. The highest BCUT2D eigenvalue weighted by Gasteiger charge is 2.64. The first-order chi connectivity index (χ1) is 15.6. The van der Waals surface area contributed by atoms with Crippen molar-refractivity contribution >= 4 is 5.97 Å². The Morgan fingerprint density at radius 3 is 2.52 bits per heavy atom. The molecule has 5 nitrogen and oxygen atoms in total. The number of aliphatic hydroxyl groups is 2. The summed E-state index contributed by atoms with van der Waals surface area (Å²) in [6, 6.07) is 0.352. The lowest BCUT2D eigenvalue weighted by molar-refractivity contribution is -0.175. The molecule has 0 bridgehead atoms. The van der Waals surface area contributed by atoms with Gasteiger partial charge in [0.25, 0.3) is 0 Å². The predicted octanol–water partition coefficient (Wildman–Crippen LogP) is 4.54. The second-order valence-corrected chi connectivity index (χ2v) is 12.9. The molecule has 0 aliphatic heterocycles. The van der Waals surface area contributed by atoms with Crippen LogP contribution in [0, 0.1) is 46.3 Å². The molecule has 0 heterocycles. The molecule has 0 aromatic heterocycles. The van der Waals surface area contributed by atoms with Crippen LogP contribution < -0.4 is 5.32 Å². The van der Waals surface area contributed by atoms with Crippen LogP contribution in [0.4, 0.5) is 0 Å². The summed E-state index contributed by atoms with van der Waals surface area (Å²) in [5, 5.41) is 25.1. The molecular weight excluding hydrogens is 414 g/mol. The van der Waals surface area contributed by atoms with Crippen LogP contribution in [-0.4, -0.2) is 47.6 Å². The summed E-state index contributed by atoms with van der Waals surface area (Å²) in [6.07, 6.45) is 7.67. The van der Waals surface area contributed by atoms with Crippen LogP contribution in [0.1, 0.15) is 92.4 Å². The number of hydrogen-bond donors (Lipinski definition) is 3. The van der Waals surface area contributed by atoms with Crippen molar-refractivity contribution in [2.24, 2.45) is 46.3 Å². The van der Waals surface area contributed by atoms with E-state index in [1.165, 1.54) is 6.42 Å². The van der Waals surface area contributed by atoms with Crippen LogP contribution in [-0.2, 0) is 9.53 Å². The Balaban J connectivity index is 1.64. The standard InChI is InChI=1S/C28H49NO4/c1-6-13-33-26(32)21-10-9-20-19-8-7-18-14-23(30)24(31)16-27(18,4)25(19)22(15-28(20,21)5)29-12-11-17(2)3/h17-25,29-31H,6-16H2,1-5H3/t18?,19-,20-,21?,22?,23?,24?,25-,27-,28-/m0/s1. The van der Waals surface area contributed by atoms with Gasteiger partial charge >= 0.3 is 5.97 Å². The zero-order valence-electron chi connectivity index (χ0n) is 21.7. The van der Waals surface area contributed by atoms with Crippen molar-refractivity contribution in [3.05, 3.63) is 0 Å². The van der Waals surface area contributed by atoms with Gasteiger partial charge in [0.2, 0.25) is 0 Å². The molecule has 0 radical (unpaired) electrons. The van der Waals surface area contributed by atoms with Gasteiger partial charge in [0.1, 0.15) is 0 Å². The Morgan fingerprint density at radius 1 is 1.06 bits per heavy atom. The van der Waals surface area contributed by atoms with Gasteiger partial charge in [0, 0.05) is 6.04 Å². The number of ether oxygens (including phenoxy) is 1. The van der Waals surface area contributed by atoms with Gasteiger partial charge < -0.3 is 20.3 Å². The lowest BCUT2D eigenvalue weighted by Crippen LogP contribution is -2.64. The summed E-state index contributed by atoms with van der Waals surface area (Å²) in [6.45, 7) is 12.9. The van der Waals surface area contributed by atoms with E-state index in [9.17, 15) is 15.0 Å². The Hall–Kier alpha value is -0.650. The Labute approximate surface area is 201 Å². The number of carbonyl (C=O) groups is 1. The molecule has 10 atom stereocenters. The van der Waals surface area contributed by atoms with Crippen molar-refractivity contribution in [2.45, 2.75) is 111 Å². The normalized spacial score (nSPS) is 47.0. The maximum atomic E-state index is 13.1. The van der Waals surface area contributed by atoms with E-state index in [1.54, 1.807) is 0 Å². The smallest absolute Gasteiger partial charge is 0.309 e. The number of aliphatic hydroxyl groups excluding tert-OH is 2. The minimum Gasteiger partial charge on any atom is -0.465 e. The SMILES string of the molecule is CCCOC(=O)C1CC[C@H]2[C@@H]3CCC4CC(O)C(O)C[C@]4(C)[C@@H]3C(NCCC(C)C)C[C@]12C. The topological polar surface area (TPSA) is 78.8 Å². The highest BCUT2D eigenvalue weighted by Crippen LogP contribution is 2.67. The third-order valence-electron chi connectivity index (χ3n) is 10.5. The molecule has 4 aliphatic carbocycles. The van der Waals surface area contributed by atoms with E-state index < -0.39 is 12.2 Å². The summed E-state index contributed by atoms with van der Waals surface area (Å²) >= 11 is 0. The van der Waals surface area contributed by atoms with Crippen LogP contribution in [0.2, 0.25) is 0 Å². The molecule has 4 rings (SSSR count). The molecular formula is C28H49NO4. The van der Waals surface area contributed by atoms with Gasteiger partial charge in [-0.3, -0.25) is 4.79 Å². The number of hydrogen-bond acceptors (Lipinski definition) is 5. The van der Waals surface area contributed by atoms with Crippen LogP contribution >= 0.6 is 0 Å². The highest BCUT2D eigenvalue weighted by molar-refractivity contribution is 5.74. The molecule has 0 aromatic rings. The van der Waals surface area contributed by atoms with E-state index in [1.807, 2.05) is 0 Å². The van der Waals surface area contributed by atoms with Crippen molar-refractivity contribution in [1.82, 2.24) is 5.32 Å². The molecule has 0 aromatic carbocycles. The zero-order chi connectivity index (χ0) is 24.0. The van der Waals surface area contributed by atoms with Gasteiger partial charge in [-0.15, -0.1) is 0 Å². The first-order valence-electron chi connectivity index (χ1n) is 13.9. The van der Waals surface area contributed by atoms with Gasteiger partial charge in [-0.2, -0.15) is 0 Å². The Bertz CT molecular complexity index is 697. The minimum atomic E-state index is -0.616. The Morgan fingerprint density at radius 2 is 1.82 bits per heavy atom. The maximum Gasteiger partial charge on any atom is 0.309 e. The van der Waals surface area contributed by atoms with E-state index in [0.717, 1.165) is 51.5 Å². The van der Waals surface area contributed by atoms with Crippen molar-refractivity contribution in [2.75, 3.05) is 13.2 Å². The predicted molar refractivity (Wildman–Crippen MR) is 130 cm³/mol. The average molecular weight is 464 g/mol. The van der Waals surface area contributed by atoms with Crippen molar-refractivity contribution in [3.8, 4) is 0 Å². The molecule has 3 N–H and O–H groups in total. The zero-order valence-corrected chi connectivity index (χ0v) is 21.7. The lowest BCUT2D eigenvalue weighted by Gasteiger charge is -2.63. The van der Waals surface area contributed by atoms with E-state index in [-0.39, 0.29) is 22.7 Å². The molecule has 0 saturated heterocycles. The summed E-state index contributed by atoms with van der Waals surface area (Å²) in [5.41, 5.74) is 0.0245. The van der Waals surface area contributed by atoms with Gasteiger partial charge in [-0.1, -0.05) is 34.6 Å².